The van der Waals surface area contributed by atoms with Crippen molar-refractivity contribution < 1.29 is 10.2 Å². The van der Waals surface area contributed by atoms with E-state index >= 15 is 0 Å². The first-order valence-corrected chi connectivity index (χ1v) is 9.54. The van der Waals surface area contributed by atoms with E-state index < -0.39 is 5.60 Å². The van der Waals surface area contributed by atoms with Crippen LogP contribution in [0.25, 0.3) is 0 Å². The fraction of sp³-hybridized carbons (Fsp3) is 1.00. The fourth-order valence-corrected chi connectivity index (χ4v) is 7.90. The van der Waals surface area contributed by atoms with Gasteiger partial charge in [0.25, 0.3) is 0 Å². The molecule has 0 amide bonds. The Hall–Kier alpha value is -0.0800. The lowest BCUT2D eigenvalue weighted by Crippen LogP contribution is -2.57. The number of aliphatic hydroxyl groups is 2. The molecule has 2 nitrogen and oxygen atoms in total. The zero-order chi connectivity index (χ0) is 16.0. The summed E-state index contributed by atoms with van der Waals surface area (Å²) < 4.78 is 0. The van der Waals surface area contributed by atoms with Crippen molar-refractivity contribution in [1.29, 1.82) is 0 Å². The molecule has 0 heterocycles. The van der Waals surface area contributed by atoms with Gasteiger partial charge >= 0.3 is 0 Å². The Labute approximate surface area is 135 Å². The highest BCUT2D eigenvalue weighted by Gasteiger charge is 2.70. The van der Waals surface area contributed by atoms with Crippen LogP contribution < -0.4 is 0 Å². The third kappa shape index (κ3) is 1.64. The lowest BCUT2D eigenvalue weighted by atomic mass is 9.43. The third-order valence-corrected chi connectivity index (χ3v) is 9.20. The molecule has 2 bridgehead atoms. The Morgan fingerprint density at radius 3 is 2.32 bits per heavy atom. The van der Waals surface area contributed by atoms with Gasteiger partial charge in [-0.05, 0) is 86.9 Å². The van der Waals surface area contributed by atoms with Gasteiger partial charge in [0.15, 0.2) is 0 Å². The van der Waals surface area contributed by atoms with E-state index in [2.05, 4.69) is 27.7 Å². The van der Waals surface area contributed by atoms with E-state index in [9.17, 15) is 10.2 Å². The predicted octanol–water partition coefficient (Wildman–Crippen LogP) is 4.14. The van der Waals surface area contributed by atoms with Gasteiger partial charge in [0.05, 0.1) is 11.7 Å². The normalized spacial score (nSPS) is 59.7. The molecule has 5 fully saturated rings. The molecule has 0 aromatic carbocycles. The molecule has 0 saturated heterocycles. The molecule has 22 heavy (non-hydrogen) atoms. The molecular weight excluding hydrogens is 272 g/mol. The van der Waals surface area contributed by atoms with Crippen LogP contribution in [0.3, 0.4) is 0 Å². The van der Waals surface area contributed by atoms with Crippen molar-refractivity contribution >= 4 is 0 Å². The highest BCUT2D eigenvalue weighted by Crippen LogP contribution is 2.74. The number of aliphatic hydroxyl groups excluding tert-OH is 1. The maximum Gasteiger partial charge on any atom is 0.0648 e. The van der Waals surface area contributed by atoms with Crippen LogP contribution >= 0.6 is 0 Å². The van der Waals surface area contributed by atoms with Gasteiger partial charge in [0, 0.05) is 5.41 Å². The standard InChI is InChI=1S/C20H34O2/c1-17(2)12-16(21)19(4)15(17)6-5-14-11-13-7-8-20(14,19)10-9-18(13,3)22/h13-16,21-22H,5-12H2,1-4H3/t13-,14+,15+,16+,18+,19-,20?/m1/s1. The molecule has 126 valence electrons. The van der Waals surface area contributed by atoms with Crippen LogP contribution in [0.2, 0.25) is 0 Å². The number of hydrogen-bond donors (Lipinski definition) is 2. The highest BCUT2D eigenvalue weighted by molar-refractivity contribution is 5.19. The third-order valence-electron chi connectivity index (χ3n) is 9.20. The first-order valence-electron chi connectivity index (χ1n) is 9.54. The van der Waals surface area contributed by atoms with E-state index in [4.69, 9.17) is 0 Å². The van der Waals surface area contributed by atoms with Gasteiger partial charge < -0.3 is 10.2 Å². The Bertz CT molecular complexity index is 482. The zero-order valence-corrected chi connectivity index (χ0v) is 14.9. The van der Waals surface area contributed by atoms with Crippen molar-refractivity contribution in [3.63, 3.8) is 0 Å². The molecule has 5 aliphatic carbocycles. The van der Waals surface area contributed by atoms with Crippen molar-refractivity contribution in [2.45, 2.75) is 90.8 Å². The predicted molar refractivity (Wildman–Crippen MR) is 88.4 cm³/mol. The van der Waals surface area contributed by atoms with Gasteiger partial charge in [-0.2, -0.15) is 0 Å². The van der Waals surface area contributed by atoms with E-state index in [1.54, 1.807) is 0 Å². The average Bonchev–Trinajstić information content (AvgIpc) is 2.54. The van der Waals surface area contributed by atoms with E-state index in [-0.39, 0.29) is 22.3 Å². The number of hydrogen-bond acceptors (Lipinski definition) is 2. The van der Waals surface area contributed by atoms with E-state index in [0.29, 0.717) is 11.8 Å². The second-order valence-electron chi connectivity index (χ2n) is 10.3. The summed E-state index contributed by atoms with van der Waals surface area (Å²) >= 11 is 0. The Morgan fingerprint density at radius 2 is 1.59 bits per heavy atom. The second-order valence-corrected chi connectivity index (χ2v) is 10.3. The van der Waals surface area contributed by atoms with Gasteiger partial charge in [0.2, 0.25) is 0 Å². The minimum Gasteiger partial charge on any atom is -0.393 e. The molecular formula is C20H34O2. The molecule has 5 rings (SSSR count). The van der Waals surface area contributed by atoms with Crippen LogP contribution in [0.4, 0.5) is 0 Å². The van der Waals surface area contributed by atoms with E-state index in [1.807, 2.05) is 0 Å². The van der Waals surface area contributed by atoms with Crippen molar-refractivity contribution in [3.8, 4) is 0 Å². The SMILES string of the molecule is CC1(C)C[C@H](O)[C@@]2(C)[C@H]1CC[C@H]1C[C@H]3CCC12CC[C@]3(C)O. The van der Waals surface area contributed by atoms with Crippen LogP contribution in [0, 0.1) is 34.0 Å². The summed E-state index contributed by atoms with van der Waals surface area (Å²) in [6, 6.07) is 0. The summed E-state index contributed by atoms with van der Waals surface area (Å²) in [7, 11) is 0. The molecule has 0 aromatic rings. The smallest absolute Gasteiger partial charge is 0.0648 e. The molecule has 0 aliphatic heterocycles. The molecule has 0 aromatic heterocycles. The van der Waals surface area contributed by atoms with Gasteiger partial charge in [-0.1, -0.05) is 20.8 Å². The lowest BCUT2D eigenvalue weighted by Gasteiger charge is -2.62. The topological polar surface area (TPSA) is 40.5 Å². The molecule has 5 aliphatic rings. The Kier molecular flexibility index (Phi) is 3.02. The van der Waals surface area contributed by atoms with Crippen LogP contribution in [0.1, 0.15) is 79.1 Å². The molecule has 0 radical (unpaired) electrons. The molecule has 7 atom stereocenters. The van der Waals surface area contributed by atoms with Gasteiger partial charge in [-0.15, -0.1) is 0 Å². The number of fused-ring (bicyclic) bond motifs is 4. The largest absolute Gasteiger partial charge is 0.393 e. The molecule has 5 saturated carbocycles. The minimum absolute atomic E-state index is 0.0603. The maximum absolute atomic E-state index is 11.1. The number of rotatable bonds is 0. The van der Waals surface area contributed by atoms with Crippen molar-refractivity contribution in [1.82, 2.24) is 0 Å². The zero-order valence-electron chi connectivity index (χ0n) is 14.9. The van der Waals surface area contributed by atoms with Crippen molar-refractivity contribution in [2.75, 3.05) is 0 Å². The van der Waals surface area contributed by atoms with E-state index in [0.717, 1.165) is 25.2 Å². The van der Waals surface area contributed by atoms with E-state index in [1.165, 1.54) is 32.1 Å². The van der Waals surface area contributed by atoms with Crippen LogP contribution in [0.5, 0.6) is 0 Å². The highest BCUT2D eigenvalue weighted by atomic mass is 16.3. The van der Waals surface area contributed by atoms with Crippen LogP contribution in [-0.2, 0) is 0 Å². The maximum atomic E-state index is 11.1. The Balaban J connectivity index is 1.82. The fourth-order valence-electron chi connectivity index (χ4n) is 7.90. The summed E-state index contributed by atoms with van der Waals surface area (Å²) in [5.41, 5.74) is 0.121. The van der Waals surface area contributed by atoms with Gasteiger partial charge in [-0.25, -0.2) is 0 Å². The van der Waals surface area contributed by atoms with Crippen LogP contribution in [0.15, 0.2) is 0 Å². The molecule has 1 unspecified atom stereocenters. The lowest BCUT2D eigenvalue weighted by molar-refractivity contribution is -0.164. The molecule has 2 N–H and O–H groups in total. The van der Waals surface area contributed by atoms with Crippen LogP contribution in [-0.4, -0.2) is 21.9 Å². The monoisotopic (exact) mass is 306 g/mol. The van der Waals surface area contributed by atoms with Crippen molar-refractivity contribution in [2.24, 2.45) is 34.0 Å². The first-order chi connectivity index (χ1) is 10.1. The quantitative estimate of drug-likeness (QED) is 0.706. The summed E-state index contributed by atoms with van der Waals surface area (Å²) in [6.07, 6.45) is 9.06. The summed E-state index contributed by atoms with van der Waals surface area (Å²) in [5.74, 6) is 1.86. The molecule has 2 heteroatoms. The summed E-state index contributed by atoms with van der Waals surface area (Å²) in [4.78, 5) is 0. The first kappa shape index (κ1) is 15.4. The van der Waals surface area contributed by atoms with Gasteiger partial charge in [0.1, 0.15) is 0 Å². The van der Waals surface area contributed by atoms with Crippen molar-refractivity contribution in [3.05, 3.63) is 0 Å². The summed E-state index contributed by atoms with van der Waals surface area (Å²) in [5, 5.41) is 22.0. The van der Waals surface area contributed by atoms with Gasteiger partial charge in [-0.3, -0.25) is 0 Å². The average molecular weight is 306 g/mol. The summed E-state index contributed by atoms with van der Waals surface area (Å²) in [6.45, 7) is 9.25. The molecule has 1 spiro atoms. The second kappa shape index (κ2) is 4.30. The Morgan fingerprint density at radius 1 is 0.864 bits per heavy atom. The minimum atomic E-state index is -0.480.